The summed E-state index contributed by atoms with van der Waals surface area (Å²) in [5.41, 5.74) is 8.18. The van der Waals surface area contributed by atoms with Gasteiger partial charge in [-0.1, -0.05) is 28.4 Å². The highest BCUT2D eigenvalue weighted by Gasteiger charge is 2.39. The van der Waals surface area contributed by atoms with Gasteiger partial charge in [-0.2, -0.15) is 0 Å². The van der Waals surface area contributed by atoms with Gasteiger partial charge >= 0.3 is 0 Å². The molecule has 104 valence electrons. The molecule has 0 heterocycles. The van der Waals surface area contributed by atoms with E-state index in [2.05, 4.69) is 46.1 Å². The fourth-order valence-corrected chi connectivity index (χ4v) is 4.53. The Kier molecular flexibility index (Phi) is 3.86. The second-order valence-electron chi connectivity index (χ2n) is 6.30. The number of hydrogen-bond acceptors (Lipinski definition) is 2. The molecule has 2 saturated carbocycles. The monoisotopic (exact) mass is 322 g/mol. The van der Waals surface area contributed by atoms with E-state index in [4.69, 9.17) is 5.73 Å². The van der Waals surface area contributed by atoms with Crippen LogP contribution in [0.4, 0.5) is 5.69 Å². The molecule has 1 aromatic carbocycles. The van der Waals surface area contributed by atoms with Gasteiger partial charge in [-0.25, -0.2) is 0 Å². The third kappa shape index (κ3) is 2.68. The van der Waals surface area contributed by atoms with E-state index in [0.29, 0.717) is 6.54 Å². The van der Waals surface area contributed by atoms with Crippen molar-refractivity contribution in [3.8, 4) is 0 Å². The second-order valence-corrected chi connectivity index (χ2v) is 7.15. The zero-order valence-corrected chi connectivity index (χ0v) is 13.2. The predicted octanol–water partition coefficient (Wildman–Crippen LogP) is 3.78. The number of benzene rings is 1. The van der Waals surface area contributed by atoms with Gasteiger partial charge in [-0.15, -0.1) is 0 Å². The Morgan fingerprint density at radius 1 is 1.32 bits per heavy atom. The lowest BCUT2D eigenvalue weighted by atomic mass is 9.88. The topological polar surface area (TPSA) is 29.3 Å². The van der Waals surface area contributed by atoms with E-state index in [1.54, 1.807) is 0 Å². The lowest BCUT2D eigenvalue weighted by Gasteiger charge is -2.29. The van der Waals surface area contributed by atoms with Gasteiger partial charge in [0, 0.05) is 30.3 Å². The van der Waals surface area contributed by atoms with Crippen LogP contribution < -0.4 is 10.6 Å². The first kappa shape index (κ1) is 13.4. The summed E-state index contributed by atoms with van der Waals surface area (Å²) in [6.45, 7) is 1.80. The lowest BCUT2D eigenvalue weighted by molar-refractivity contribution is 0.337. The normalized spacial score (nSPS) is 28.9. The molecule has 0 spiro atoms. The highest BCUT2D eigenvalue weighted by Crippen LogP contribution is 2.48. The van der Waals surface area contributed by atoms with E-state index in [1.165, 1.54) is 43.5 Å². The van der Waals surface area contributed by atoms with Crippen molar-refractivity contribution in [3.05, 3.63) is 28.2 Å². The van der Waals surface area contributed by atoms with Crippen molar-refractivity contribution >= 4 is 21.6 Å². The molecular formula is C16H23BrN2. The molecule has 2 aliphatic rings. The summed E-state index contributed by atoms with van der Waals surface area (Å²) >= 11 is 3.61. The maximum absolute atomic E-state index is 5.71. The Labute approximate surface area is 124 Å². The summed E-state index contributed by atoms with van der Waals surface area (Å²) in [5, 5.41) is 0. The molecule has 2 N–H and O–H groups in total. The number of hydrogen-bond donors (Lipinski definition) is 1. The number of halogens is 1. The molecule has 3 atom stereocenters. The molecular weight excluding hydrogens is 300 g/mol. The number of nitrogens with two attached hydrogens (primary N) is 1. The van der Waals surface area contributed by atoms with Crippen molar-refractivity contribution in [2.45, 2.75) is 32.2 Å². The highest BCUT2D eigenvalue weighted by atomic mass is 79.9. The van der Waals surface area contributed by atoms with E-state index in [9.17, 15) is 0 Å². The van der Waals surface area contributed by atoms with Crippen LogP contribution in [0.2, 0.25) is 0 Å². The molecule has 0 saturated heterocycles. The van der Waals surface area contributed by atoms with Crippen LogP contribution in [0.3, 0.4) is 0 Å². The minimum absolute atomic E-state index is 0.594. The Morgan fingerprint density at radius 3 is 2.74 bits per heavy atom. The largest absolute Gasteiger partial charge is 0.374 e. The zero-order valence-electron chi connectivity index (χ0n) is 11.6. The van der Waals surface area contributed by atoms with Crippen molar-refractivity contribution < 1.29 is 0 Å². The van der Waals surface area contributed by atoms with Gasteiger partial charge in [0.2, 0.25) is 0 Å². The number of nitrogens with zero attached hydrogens (tertiary/aromatic N) is 1. The average Bonchev–Trinajstić information content (AvgIpc) is 3.00. The first-order valence-electron chi connectivity index (χ1n) is 7.37. The third-order valence-electron chi connectivity index (χ3n) is 5.09. The molecule has 3 unspecified atom stereocenters. The Hall–Kier alpha value is -0.540. The zero-order chi connectivity index (χ0) is 13.4. The van der Waals surface area contributed by atoms with Crippen LogP contribution in [0.1, 0.15) is 31.2 Å². The van der Waals surface area contributed by atoms with Crippen molar-refractivity contribution in [3.63, 3.8) is 0 Å². The smallest absolute Gasteiger partial charge is 0.0375 e. The van der Waals surface area contributed by atoms with Gasteiger partial charge in [0.15, 0.2) is 0 Å². The summed E-state index contributed by atoms with van der Waals surface area (Å²) in [7, 11) is 2.22. The van der Waals surface area contributed by atoms with Gasteiger partial charge in [-0.05, 0) is 54.7 Å². The number of rotatable bonds is 4. The average molecular weight is 323 g/mol. The minimum atomic E-state index is 0.594. The van der Waals surface area contributed by atoms with Crippen molar-refractivity contribution in [1.29, 1.82) is 0 Å². The van der Waals surface area contributed by atoms with Crippen LogP contribution in [-0.4, -0.2) is 13.6 Å². The maximum atomic E-state index is 5.71. The van der Waals surface area contributed by atoms with E-state index in [1.807, 2.05) is 0 Å². The Morgan fingerprint density at radius 2 is 2.16 bits per heavy atom. The predicted molar refractivity (Wildman–Crippen MR) is 84.2 cm³/mol. The Balaban J connectivity index is 1.67. The van der Waals surface area contributed by atoms with E-state index in [-0.39, 0.29) is 0 Å². The van der Waals surface area contributed by atoms with Gasteiger partial charge < -0.3 is 10.6 Å². The molecule has 3 heteroatoms. The molecule has 3 rings (SSSR count). The fraction of sp³-hybridized carbons (Fsp3) is 0.625. The molecule has 2 aliphatic carbocycles. The fourth-order valence-electron chi connectivity index (χ4n) is 4.00. The quantitative estimate of drug-likeness (QED) is 0.914. The van der Waals surface area contributed by atoms with Crippen molar-refractivity contribution in [2.24, 2.45) is 23.5 Å². The first-order valence-corrected chi connectivity index (χ1v) is 8.16. The SMILES string of the molecule is CN(CC1CC2CCC1C2)c1ccc(CN)c(Br)c1. The van der Waals surface area contributed by atoms with E-state index >= 15 is 0 Å². The van der Waals surface area contributed by atoms with Gasteiger partial charge in [0.05, 0.1) is 0 Å². The van der Waals surface area contributed by atoms with Gasteiger partial charge in [0.1, 0.15) is 0 Å². The summed E-state index contributed by atoms with van der Waals surface area (Å²) in [4.78, 5) is 2.41. The van der Waals surface area contributed by atoms with Gasteiger partial charge in [-0.3, -0.25) is 0 Å². The van der Waals surface area contributed by atoms with Crippen molar-refractivity contribution in [1.82, 2.24) is 0 Å². The summed E-state index contributed by atoms with van der Waals surface area (Å²) in [6.07, 6.45) is 5.91. The molecule has 0 radical (unpaired) electrons. The molecule has 19 heavy (non-hydrogen) atoms. The standard InChI is InChI=1S/C16H23BrN2/c1-19(10-14-7-11-2-3-12(14)6-11)15-5-4-13(9-18)16(17)8-15/h4-5,8,11-12,14H,2-3,6-7,9-10,18H2,1H3. The molecule has 2 bridgehead atoms. The van der Waals surface area contributed by atoms with Crippen LogP contribution in [0.15, 0.2) is 22.7 Å². The van der Waals surface area contributed by atoms with Crippen LogP contribution in [-0.2, 0) is 6.54 Å². The molecule has 0 aliphatic heterocycles. The summed E-state index contributed by atoms with van der Waals surface area (Å²) in [5.74, 6) is 2.95. The van der Waals surface area contributed by atoms with Crippen LogP contribution >= 0.6 is 15.9 Å². The van der Waals surface area contributed by atoms with Crippen molar-refractivity contribution in [2.75, 3.05) is 18.5 Å². The highest BCUT2D eigenvalue weighted by molar-refractivity contribution is 9.10. The molecule has 2 fully saturated rings. The second kappa shape index (κ2) is 5.45. The summed E-state index contributed by atoms with van der Waals surface area (Å²) < 4.78 is 1.13. The van der Waals surface area contributed by atoms with E-state index in [0.717, 1.165) is 22.2 Å². The minimum Gasteiger partial charge on any atom is -0.374 e. The number of fused-ring (bicyclic) bond motifs is 2. The molecule has 2 nitrogen and oxygen atoms in total. The van der Waals surface area contributed by atoms with Crippen LogP contribution in [0, 0.1) is 17.8 Å². The summed E-state index contributed by atoms with van der Waals surface area (Å²) in [6, 6.07) is 6.53. The molecule has 0 amide bonds. The Bertz CT molecular complexity index is 460. The maximum Gasteiger partial charge on any atom is 0.0375 e. The van der Waals surface area contributed by atoms with Crippen LogP contribution in [0.25, 0.3) is 0 Å². The lowest BCUT2D eigenvalue weighted by Crippen LogP contribution is -2.28. The van der Waals surface area contributed by atoms with Crippen LogP contribution in [0.5, 0.6) is 0 Å². The first-order chi connectivity index (χ1) is 9.17. The van der Waals surface area contributed by atoms with E-state index < -0.39 is 0 Å². The molecule has 0 aromatic heterocycles. The van der Waals surface area contributed by atoms with Gasteiger partial charge in [0.25, 0.3) is 0 Å². The molecule has 1 aromatic rings. The number of anilines is 1. The third-order valence-corrected chi connectivity index (χ3v) is 5.83.